The monoisotopic (exact) mass is 531 g/mol. The molecule has 2 amide bonds. The van der Waals surface area contributed by atoms with Crippen molar-refractivity contribution in [1.82, 2.24) is 15.3 Å². The molecule has 0 spiro atoms. The SMILES string of the molecule is O=C(NCc1cc(Cl)ccc1Cl)Nc1ccc2[nH+]c(-c3cscn3)[nH]c2c1.O=C([O-])C(F)(F)F. The molecule has 34 heavy (non-hydrogen) atoms. The van der Waals surface area contributed by atoms with Crippen LogP contribution in [0.5, 0.6) is 0 Å². The van der Waals surface area contributed by atoms with Crippen LogP contribution in [0, 0.1) is 0 Å². The number of urea groups is 1. The summed E-state index contributed by atoms with van der Waals surface area (Å²) in [6, 6.07) is 10.4. The van der Waals surface area contributed by atoms with Gasteiger partial charge in [0.2, 0.25) is 0 Å². The minimum atomic E-state index is -5.19. The molecular weight excluding hydrogens is 518 g/mol. The Labute approximate surface area is 203 Å². The van der Waals surface area contributed by atoms with Crippen LogP contribution in [-0.2, 0) is 11.3 Å². The lowest BCUT2D eigenvalue weighted by molar-refractivity contribution is -0.344. The van der Waals surface area contributed by atoms with Gasteiger partial charge in [-0.15, -0.1) is 11.3 Å². The zero-order valence-electron chi connectivity index (χ0n) is 16.8. The molecule has 2 aromatic carbocycles. The number of aromatic amines is 2. The van der Waals surface area contributed by atoms with Crippen LogP contribution in [0.3, 0.4) is 0 Å². The lowest BCUT2D eigenvalue weighted by Gasteiger charge is -2.09. The van der Waals surface area contributed by atoms with E-state index in [-0.39, 0.29) is 12.6 Å². The number of imidazole rings is 1. The number of fused-ring (bicyclic) bond motifs is 1. The molecule has 0 aliphatic heterocycles. The maximum absolute atomic E-state index is 12.2. The van der Waals surface area contributed by atoms with Crippen LogP contribution in [0.2, 0.25) is 10.0 Å². The fourth-order valence-corrected chi connectivity index (χ4v) is 3.55. The van der Waals surface area contributed by atoms with E-state index in [1.54, 1.807) is 23.7 Å². The summed E-state index contributed by atoms with van der Waals surface area (Å²) in [6.45, 7) is 0.276. The summed E-state index contributed by atoms with van der Waals surface area (Å²) >= 11 is 13.6. The molecule has 4 rings (SSSR count). The van der Waals surface area contributed by atoms with E-state index < -0.39 is 12.1 Å². The maximum Gasteiger partial charge on any atom is 0.430 e. The van der Waals surface area contributed by atoms with Crippen molar-refractivity contribution >= 4 is 63.3 Å². The molecular formula is C20H14Cl2F3N5O3S. The maximum atomic E-state index is 12.2. The van der Waals surface area contributed by atoms with Crippen LogP contribution >= 0.6 is 34.5 Å². The number of aliphatic carboxylic acids is 1. The Morgan fingerprint density at radius 2 is 1.91 bits per heavy atom. The molecule has 0 unspecified atom stereocenters. The summed E-state index contributed by atoms with van der Waals surface area (Å²) in [5, 5.41) is 17.4. The Kier molecular flexibility index (Phi) is 7.97. The first-order valence-electron chi connectivity index (χ1n) is 9.23. The van der Waals surface area contributed by atoms with Gasteiger partial charge in [0.15, 0.2) is 16.7 Å². The van der Waals surface area contributed by atoms with Crippen molar-refractivity contribution in [3.63, 3.8) is 0 Å². The van der Waals surface area contributed by atoms with Crippen molar-refractivity contribution in [2.45, 2.75) is 12.7 Å². The van der Waals surface area contributed by atoms with Gasteiger partial charge in [-0.1, -0.05) is 23.2 Å². The highest BCUT2D eigenvalue weighted by Crippen LogP contribution is 2.21. The van der Waals surface area contributed by atoms with Gasteiger partial charge in [0.05, 0.1) is 5.51 Å². The molecule has 8 nitrogen and oxygen atoms in total. The van der Waals surface area contributed by atoms with Crippen molar-refractivity contribution in [1.29, 1.82) is 0 Å². The normalized spacial score (nSPS) is 11.0. The predicted octanol–water partition coefficient (Wildman–Crippen LogP) is 4.03. The summed E-state index contributed by atoms with van der Waals surface area (Å²) in [7, 11) is 0. The molecule has 0 atom stereocenters. The van der Waals surface area contributed by atoms with Gasteiger partial charge in [0.1, 0.15) is 5.97 Å². The van der Waals surface area contributed by atoms with E-state index in [4.69, 9.17) is 33.1 Å². The van der Waals surface area contributed by atoms with Crippen LogP contribution in [0.1, 0.15) is 5.56 Å². The van der Waals surface area contributed by atoms with E-state index in [2.05, 4.69) is 25.6 Å². The Morgan fingerprint density at radius 1 is 1.18 bits per heavy atom. The summed E-state index contributed by atoms with van der Waals surface area (Å²) in [5.41, 5.74) is 5.84. The zero-order valence-corrected chi connectivity index (χ0v) is 19.1. The lowest BCUT2D eigenvalue weighted by Crippen LogP contribution is -2.37. The van der Waals surface area contributed by atoms with Crippen molar-refractivity contribution in [3.8, 4) is 11.5 Å². The molecule has 0 aliphatic rings. The number of hydrogen-bond acceptors (Lipinski definition) is 5. The number of carboxylic acid groups (broad SMARTS) is 1. The topological polar surface area (TPSA) is 124 Å². The minimum absolute atomic E-state index is 0.276. The largest absolute Gasteiger partial charge is 0.542 e. The van der Waals surface area contributed by atoms with E-state index >= 15 is 0 Å². The fourth-order valence-electron chi connectivity index (χ4n) is 2.63. The van der Waals surface area contributed by atoms with Gasteiger partial charge in [-0.2, -0.15) is 13.2 Å². The average molecular weight is 532 g/mol. The number of aromatic nitrogens is 3. The summed E-state index contributed by atoms with van der Waals surface area (Å²) in [4.78, 5) is 31.8. The molecule has 0 saturated carbocycles. The number of H-pyrrole nitrogens is 2. The molecule has 178 valence electrons. The summed E-state index contributed by atoms with van der Waals surface area (Å²) in [5.74, 6) is -2.18. The third kappa shape index (κ3) is 6.83. The third-order valence-electron chi connectivity index (χ3n) is 4.16. The molecule has 0 radical (unpaired) electrons. The Bertz CT molecular complexity index is 1310. The van der Waals surface area contributed by atoms with Crippen LogP contribution < -0.4 is 20.7 Å². The van der Waals surface area contributed by atoms with Crippen LogP contribution in [0.25, 0.3) is 22.6 Å². The second-order valence-electron chi connectivity index (χ2n) is 6.59. The van der Waals surface area contributed by atoms with Gasteiger partial charge in [0.25, 0.3) is 0 Å². The second kappa shape index (κ2) is 10.7. The van der Waals surface area contributed by atoms with Gasteiger partial charge in [-0.25, -0.2) is 19.7 Å². The van der Waals surface area contributed by atoms with Gasteiger partial charge in [0, 0.05) is 33.7 Å². The number of anilines is 1. The first-order chi connectivity index (χ1) is 16.0. The third-order valence-corrected chi connectivity index (χ3v) is 5.35. The smallest absolute Gasteiger partial charge is 0.430 e. The van der Waals surface area contributed by atoms with Crippen LogP contribution in [-0.4, -0.2) is 28.1 Å². The highest BCUT2D eigenvalue weighted by molar-refractivity contribution is 7.07. The van der Waals surface area contributed by atoms with Gasteiger partial charge < -0.3 is 20.5 Å². The Balaban J connectivity index is 0.000000406. The fraction of sp³-hybridized carbons (Fsp3) is 0.100. The van der Waals surface area contributed by atoms with E-state index in [9.17, 15) is 18.0 Å². The second-order valence-corrected chi connectivity index (χ2v) is 8.15. The Morgan fingerprint density at radius 3 is 2.56 bits per heavy atom. The van der Waals surface area contributed by atoms with Gasteiger partial charge >= 0.3 is 18.0 Å². The Hall–Kier alpha value is -3.35. The number of nitrogens with zero attached hydrogens (tertiary/aromatic N) is 1. The number of benzene rings is 2. The molecule has 0 saturated heterocycles. The molecule has 4 aromatic rings. The average Bonchev–Trinajstić information content (AvgIpc) is 3.43. The van der Waals surface area contributed by atoms with E-state index in [1.165, 1.54) is 11.3 Å². The molecule has 14 heteroatoms. The molecule has 2 aromatic heterocycles. The number of halogens is 5. The van der Waals surface area contributed by atoms with Gasteiger partial charge in [-0.3, -0.25) is 0 Å². The molecule has 2 heterocycles. The number of rotatable bonds is 4. The quantitative estimate of drug-likeness (QED) is 0.367. The number of carbonyl (C=O) groups is 2. The predicted molar refractivity (Wildman–Crippen MR) is 119 cm³/mol. The zero-order chi connectivity index (χ0) is 24.9. The number of alkyl halides is 3. The van der Waals surface area contributed by atoms with Gasteiger partial charge in [-0.05, 0) is 35.9 Å². The van der Waals surface area contributed by atoms with Crippen molar-refractivity contribution in [3.05, 3.63) is 62.9 Å². The molecule has 4 N–H and O–H groups in total. The number of amides is 2. The first kappa shape index (κ1) is 25.3. The summed E-state index contributed by atoms with van der Waals surface area (Å²) in [6.07, 6.45) is -5.19. The minimum Gasteiger partial charge on any atom is -0.542 e. The molecule has 0 bridgehead atoms. The lowest BCUT2D eigenvalue weighted by atomic mass is 10.2. The number of hydrogen-bond donors (Lipinski definition) is 3. The van der Waals surface area contributed by atoms with Crippen LogP contribution in [0.4, 0.5) is 23.7 Å². The number of nitrogens with one attached hydrogen (secondary N) is 4. The highest BCUT2D eigenvalue weighted by Gasteiger charge is 2.28. The standard InChI is InChI=1S/C18H13Cl2N5OS.C2HF3O2/c19-11-1-3-13(20)10(5-11)7-21-18(26)23-12-2-4-14-15(6-12)25-17(24-14)16-8-27-9-22-16;3-2(4,5)1(6)7/h1-6,8-9H,7H2,(H,24,25)(H2,21,23,26);(H,6,7). The van der Waals surface area contributed by atoms with Crippen LogP contribution in [0.15, 0.2) is 47.3 Å². The van der Waals surface area contributed by atoms with Crippen molar-refractivity contribution < 1.29 is 32.9 Å². The number of carbonyl (C=O) groups excluding carboxylic acids is 2. The van der Waals surface area contributed by atoms with E-state index in [1.807, 2.05) is 23.6 Å². The molecule has 0 fully saturated rings. The number of thiazole rings is 1. The van der Waals surface area contributed by atoms with E-state index in [0.717, 1.165) is 28.1 Å². The number of carboxylic acids is 1. The van der Waals surface area contributed by atoms with E-state index in [0.29, 0.717) is 15.7 Å². The van der Waals surface area contributed by atoms with Crippen molar-refractivity contribution in [2.75, 3.05) is 5.32 Å². The first-order valence-corrected chi connectivity index (χ1v) is 10.9. The molecule has 0 aliphatic carbocycles. The highest BCUT2D eigenvalue weighted by atomic mass is 35.5. The summed E-state index contributed by atoms with van der Waals surface area (Å²) < 4.78 is 31.5. The van der Waals surface area contributed by atoms with Crippen molar-refractivity contribution in [2.24, 2.45) is 0 Å².